The van der Waals surface area contributed by atoms with Crippen LogP contribution in [0, 0.1) is 5.82 Å². The van der Waals surface area contributed by atoms with Crippen LogP contribution in [0.5, 0.6) is 0 Å². The number of hydrogen-bond acceptors (Lipinski definition) is 2. The first-order valence-electron chi connectivity index (χ1n) is 5.14. The predicted molar refractivity (Wildman–Crippen MR) is 62.2 cm³/mol. The van der Waals surface area contributed by atoms with Gasteiger partial charge in [-0.25, -0.2) is 4.39 Å². The maximum Gasteiger partial charge on any atom is 0.141 e. The molecule has 1 aromatic heterocycles. The average molecular weight is 216 g/mol. The van der Waals surface area contributed by atoms with Crippen molar-refractivity contribution in [1.29, 1.82) is 0 Å². The molecular formula is C13H13FN2. The van der Waals surface area contributed by atoms with E-state index in [1.54, 1.807) is 6.07 Å². The van der Waals surface area contributed by atoms with E-state index in [0.29, 0.717) is 0 Å². The van der Waals surface area contributed by atoms with Crippen molar-refractivity contribution in [2.24, 2.45) is 5.73 Å². The molecule has 2 rings (SSSR count). The molecule has 0 unspecified atom stereocenters. The Labute approximate surface area is 93.9 Å². The van der Waals surface area contributed by atoms with Gasteiger partial charge in [0.1, 0.15) is 5.82 Å². The van der Waals surface area contributed by atoms with Crippen LogP contribution < -0.4 is 5.73 Å². The van der Waals surface area contributed by atoms with Gasteiger partial charge in [-0.3, -0.25) is 4.98 Å². The van der Waals surface area contributed by atoms with E-state index in [1.807, 2.05) is 31.2 Å². The van der Waals surface area contributed by atoms with E-state index < -0.39 is 0 Å². The molecule has 1 atom stereocenters. The third-order valence-corrected chi connectivity index (χ3v) is 2.46. The van der Waals surface area contributed by atoms with Gasteiger partial charge in [-0.05, 0) is 24.6 Å². The van der Waals surface area contributed by atoms with Crippen molar-refractivity contribution in [3.05, 3.63) is 54.0 Å². The number of hydrogen-bond donors (Lipinski definition) is 1. The monoisotopic (exact) mass is 216 g/mol. The van der Waals surface area contributed by atoms with Gasteiger partial charge in [0, 0.05) is 11.6 Å². The van der Waals surface area contributed by atoms with E-state index in [4.69, 9.17) is 5.73 Å². The standard InChI is InChI=1S/C13H13FN2/c1-9(15)10-2-4-11(5-3-10)13-7-6-12(14)8-16-13/h2-9H,15H2,1H3/t9-/m1/s1. The fourth-order valence-corrected chi connectivity index (χ4v) is 1.50. The molecule has 0 radical (unpaired) electrons. The topological polar surface area (TPSA) is 38.9 Å². The summed E-state index contributed by atoms with van der Waals surface area (Å²) in [7, 11) is 0. The van der Waals surface area contributed by atoms with Crippen LogP contribution in [0.3, 0.4) is 0 Å². The summed E-state index contributed by atoms with van der Waals surface area (Å²) in [6.45, 7) is 1.94. The maximum atomic E-state index is 12.7. The summed E-state index contributed by atoms with van der Waals surface area (Å²) < 4.78 is 12.7. The number of halogens is 1. The molecule has 2 N–H and O–H groups in total. The molecule has 0 aliphatic rings. The van der Waals surface area contributed by atoms with Crippen LogP contribution in [0.2, 0.25) is 0 Å². The summed E-state index contributed by atoms with van der Waals surface area (Å²) in [5, 5.41) is 0. The first-order chi connectivity index (χ1) is 7.66. The Morgan fingerprint density at radius 3 is 2.31 bits per heavy atom. The largest absolute Gasteiger partial charge is 0.324 e. The van der Waals surface area contributed by atoms with Crippen molar-refractivity contribution < 1.29 is 4.39 Å². The molecule has 82 valence electrons. The zero-order valence-corrected chi connectivity index (χ0v) is 9.02. The fraction of sp³-hybridized carbons (Fsp3) is 0.154. The molecule has 0 spiro atoms. The highest BCUT2D eigenvalue weighted by molar-refractivity contribution is 5.59. The van der Waals surface area contributed by atoms with E-state index in [0.717, 1.165) is 16.8 Å². The summed E-state index contributed by atoms with van der Waals surface area (Å²) in [6.07, 6.45) is 1.22. The highest BCUT2D eigenvalue weighted by Crippen LogP contribution is 2.19. The Hall–Kier alpha value is -1.74. The van der Waals surface area contributed by atoms with Gasteiger partial charge in [-0.15, -0.1) is 0 Å². The second-order valence-corrected chi connectivity index (χ2v) is 3.77. The van der Waals surface area contributed by atoms with Gasteiger partial charge < -0.3 is 5.73 Å². The van der Waals surface area contributed by atoms with Gasteiger partial charge in [0.25, 0.3) is 0 Å². The fourth-order valence-electron chi connectivity index (χ4n) is 1.50. The number of benzene rings is 1. The SMILES string of the molecule is C[C@@H](N)c1ccc(-c2ccc(F)cn2)cc1. The third-order valence-electron chi connectivity index (χ3n) is 2.46. The van der Waals surface area contributed by atoms with Gasteiger partial charge >= 0.3 is 0 Å². The molecule has 1 heterocycles. The van der Waals surface area contributed by atoms with Crippen molar-refractivity contribution in [2.75, 3.05) is 0 Å². The molecule has 2 aromatic rings. The van der Waals surface area contributed by atoms with Crippen LogP contribution in [-0.4, -0.2) is 4.98 Å². The molecule has 0 bridgehead atoms. The lowest BCUT2D eigenvalue weighted by molar-refractivity contribution is 0.622. The summed E-state index contributed by atoms with van der Waals surface area (Å²) in [4.78, 5) is 4.02. The molecule has 0 saturated carbocycles. The number of nitrogens with zero attached hydrogens (tertiary/aromatic N) is 1. The molecule has 3 heteroatoms. The van der Waals surface area contributed by atoms with Crippen molar-refractivity contribution in [3.63, 3.8) is 0 Å². The zero-order valence-electron chi connectivity index (χ0n) is 9.02. The van der Waals surface area contributed by atoms with Crippen LogP contribution in [0.1, 0.15) is 18.5 Å². The van der Waals surface area contributed by atoms with Crippen molar-refractivity contribution >= 4 is 0 Å². The lowest BCUT2D eigenvalue weighted by Gasteiger charge is -2.06. The smallest absolute Gasteiger partial charge is 0.141 e. The molecule has 0 amide bonds. The lowest BCUT2D eigenvalue weighted by Crippen LogP contribution is -2.04. The lowest BCUT2D eigenvalue weighted by atomic mass is 10.0. The Bertz CT molecular complexity index is 460. The number of nitrogens with two attached hydrogens (primary N) is 1. The van der Waals surface area contributed by atoms with Gasteiger partial charge in [0.2, 0.25) is 0 Å². The van der Waals surface area contributed by atoms with E-state index >= 15 is 0 Å². The molecule has 16 heavy (non-hydrogen) atoms. The van der Waals surface area contributed by atoms with Gasteiger partial charge in [-0.1, -0.05) is 24.3 Å². The van der Waals surface area contributed by atoms with E-state index in [-0.39, 0.29) is 11.9 Å². The van der Waals surface area contributed by atoms with Gasteiger partial charge in [-0.2, -0.15) is 0 Å². The minimum atomic E-state index is -0.323. The minimum absolute atomic E-state index is 0.0234. The van der Waals surface area contributed by atoms with Crippen molar-refractivity contribution in [2.45, 2.75) is 13.0 Å². The Morgan fingerprint density at radius 2 is 1.81 bits per heavy atom. The summed E-state index contributed by atoms with van der Waals surface area (Å²) in [5.41, 5.74) is 8.56. The second-order valence-electron chi connectivity index (χ2n) is 3.77. The molecule has 1 aromatic carbocycles. The molecule has 0 saturated heterocycles. The minimum Gasteiger partial charge on any atom is -0.324 e. The Balaban J connectivity index is 2.31. The van der Waals surface area contributed by atoms with Crippen LogP contribution in [0.25, 0.3) is 11.3 Å². The van der Waals surface area contributed by atoms with E-state index in [9.17, 15) is 4.39 Å². The van der Waals surface area contributed by atoms with Crippen molar-refractivity contribution in [3.8, 4) is 11.3 Å². The zero-order chi connectivity index (χ0) is 11.5. The molecular weight excluding hydrogens is 203 g/mol. The van der Waals surface area contributed by atoms with Gasteiger partial charge in [0.15, 0.2) is 0 Å². The van der Waals surface area contributed by atoms with Crippen molar-refractivity contribution in [1.82, 2.24) is 4.98 Å². The molecule has 0 aliphatic heterocycles. The van der Waals surface area contributed by atoms with Crippen LogP contribution >= 0.6 is 0 Å². The molecule has 2 nitrogen and oxygen atoms in total. The number of pyridine rings is 1. The summed E-state index contributed by atoms with van der Waals surface area (Å²) in [5.74, 6) is -0.323. The third kappa shape index (κ3) is 2.25. The van der Waals surface area contributed by atoms with Crippen LogP contribution in [0.15, 0.2) is 42.6 Å². The first-order valence-corrected chi connectivity index (χ1v) is 5.14. The first kappa shape index (κ1) is 10.8. The van der Waals surface area contributed by atoms with Crippen LogP contribution in [0.4, 0.5) is 4.39 Å². The Kier molecular flexibility index (Phi) is 2.97. The maximum absolute atomic E-state index is 12.7. The second kappa shape index (κ2) is 4.41. The van der Waals surface area contributed by atoms with E-state index in [2.05, 4.69) is 4.98 Å². The Morgan fingerprint density at radius 1 is 1.12 bits per heavy atom. The summed E-state index contributed by atoms with van der Waals surface area (Å²) >= 11 is 0. The molecule has 0 fully saturated rings. The number of rotatable bonds is 2. The highest BCUT2D eigenvalue weighted by Gasteiger charge is 2.02. The van der Waals surface area contributed by atoms with E-state index in [1.165, 1.54) is 12.3 Å². The highest BCUT2D eigenvalue weighted by atomic mass is 19.1. The average Bonchev–Trinajstić information content (AvgIpc) is 2.30. The summed E-state index contributed by atoms with van der Waals surface area (Å²) in [6, 6.07) is 10.9. The van der Waals surface area contributed by atoms with Gasteiger partial charge in [0.05, 0.1) is 11.9 Å². The van der Waals surface area contributed by atoms with Crippen LogP contribution in [-0.2, 0) is 0 Å². The number of aromatic nitrogens is 1. The normalized spacial score (nSPS) is 12.4. The molecule has 0 aliphatic carbocycles. The predicted octanol–water partition coefficient (Wildman–Crippen LogP) is 2.91. The quantitative estimate of drug-likeness (QED) is 0.838.